The van der Waals surface area contributed by atoms with Crippen molar-refractivity contribution in [3.8, 4) is 0 Å². The van der Waals surface area contributed by atoms with Gasteiger partial charge in [0.2, 0.25) is 11.9 Å². The third kappa shape index (κ3) is 3.64. The van der Waals surface area contributed by atoms with Gasteiger partial charge in [-0.25, -0.2) is 13.8 Å². The number of halogens is 2. The van der Waals surface area contributed by atoms with Crippen LogP contribution in [0.2, 0.25) is 0 Å². The second kappa shape index (κ2) is 7.07. The molecule has 0 aliphatic heterocycles. The third-order valence-electron chi connectivity index (χ3n) is 4.44. The molecule has 0 atom stereocenters. The van der Waals surface area contributed by atoms with Crippen molar-refractivity contribution in [2.45, 2.75) is 19.8 Å². The molecule has 134 valence electrons. The average Bonchev–Trinajstić information content (AvgIpc) is 3.11. The Bertz CT molecular complexity index is 827. The van der Waals surface area contributed by atoms with Gasteiger partial charge in [-0.2, -0.15) is 0 Å². The Balaban J connectivity index is 2.02. The van der Waals surface area contributed by atoms with E-state index in [1.807, 2.05) is 0 Å². The van der Waals surface area contributed by atoms with Crippen LogP contribution in [0.25, 0.3) is 0 Å². The fourth-order valence-corrected chi connectivity index (χ4v) is 3.07. The monoisotopic (exact) mass is 355 g/mol. The lowest BCUT2D eigenvalue weighted by molar-refractivity contribution is -0.124. The molecule has 2 N–H and O–H groups in total. The predicted molar refractivity (Wildman–Crippen MR) is 95.6 cm³/mol. The molecule has 1 amide bonds. The van der Waals surface area contributed by atoms with Gasteiger partial charge in [0.15, 0.2) is 0 Å². The lowest BCUT2D eigenvalue weighted by atomic mass is 9.70. The number of aromatic nitrogens is 2. The summed E-state index contributed by atoms with van der Waals surface area (Å²) in [5.41, 5.74) is 0.609. The van der Waals surface area contributed by atoms with Gasteiger partial charge in [0.25, 0.3) is 0 Å². The molecular weight excluding hydrogens is 336 g/mol. The van der Waals surface area contributed by atoms with Gasteiger partial charge in [-0.1, -0.05) is 38.1 Å². The quantitative estimate of drug-likeness (QED) is 0.709. The maximum Gasteiger partial charge on any atom is 0.233 e. The van der Waals surface area contributed by atoms with E-state index in [1.165, 1.54) is 24.3 Å². The number of rotatable bonds is 5. The molecule has 6 heteroatoms. The molecule has 2 aromatic carbocycles. The number of H-pyrrole nitrogens is 1. The fraction of sp³-hybridized carbons (Fsp3) is 0.200. The first-order valence-electron chi connectivity index (χ1n) is 8.19. The highest BCUT2D eigenvalue weighted by Crippen LogP contribution is 2.41. The number of carbonyl (C=O) groups excluding carboxylic acids is 1. The normalized spacial score (nSPS) is 11.6. The molecule has 4 nitrogen and oxygen atoms in total. The van der Waals surface area contributed by atoms with Crippen molar-refractivity contribution >= 4 is 11.9 Å². The van der Waals surface area contributed by atoms with Crippen LogP contribution < -0.4 is 5.32 Å². The third-order valence-corrected chi connectivity index (χ3v) is 4.44. The van der Waals surface area contributed by atoms with Gasteiger partial charge >= 0.3 is 0 Å². The van der Waals surface area contributed by atoms with Crippen LogP contribution in [0.5, 0.6) is 0 Å². The van der Waals surface area contributed by atoms with E-state index < -0.39 is 11.3 Å². The van der Waals surface area contributed by atoms with Gasteiger partial charge in [-0.3, -0.25) is 10.1 Å². The van der Waals surface area contributed by atoms with E-state index in [1.54, 1.807) is 50.5 Å². The van der Waals surface area contributed by atoms with Crippen LogP contribution in [0, 0.1) is 17.0 Å². The Kier molecular flexibility index (Phi) is 4.84. The molecule has 0 aliphatic rings. The zero-order chi connectivity index (χ0) is 18.7. The maximum atomic E-state index is 13.4. The first-order valence-corrected chi connectivity index (χ1v) is 8.19. The minimum Gasteiger partial charge on any atom is -0.331 e. The number of aromatic amines is 1. The molecule has 1 aromatic heterocycles. The molecular formula is C20H19F2N3O. The summed E-state index contributed by atoms with van der Waals surface area (Å²) < 4.78 is 26.7. The van der Waals surface area contributed by atoms with Crippen molar-refractivity contribution < 1.29 is 13.6 Å². The van der Waals surface area contributed by atoms with Crippen molar-refractivity contribution in [2.24, 2.45) is 5.41 Å². The summed E-state index contributed by atoms with van der Waals surface area (Å²) in [6.45, 7) is 3.59. The van der Waals surface area contributed by atoms with Crippen LogP contribution in [0.4, 0.5) is 14.7 Å². The van der Waals surface area contributed by atoms with Gasteiger partial charge < -0.3 is 4.98 Å². The Morgan fingerprint density at radius 2 is 1.50 bits per heavy atom. The average molecular weight is 355 g/mol. The summed E-state index contributed by atoms with van der Waals surface area (Å²) in [7, 11) is 0. The van der Waals surface area contributed by atoms with Crippen molar-refractivity contribution in [1.29, 1.82) is 0 Å². The number of hydrogen-bond acceptors (Lipinski definition) is 2. The number of nitrogens with zero attached hydrogens (tertiary/aromatic N) is 1. The Hall–Kier alpha value is -3.02. The summed E-state index contributed by atoms with van der Waals surface area (Å²) in [4.78, 5) is 19.8. The molecule has 0 unspecified atom stereocenters. The van der Waals surface area contributed by atoms with Crippen LogP contribution >= 0.6 is 0 Å². The zero-order valence-electron chi connectivity index (χ0n) is 14.5. The predicted octanol–water partition coefficient (Wildman–Crippen LogP) is 4.48. The van der Waals surface area contributed by atoms with E-state index in [0.717, 1.165) is 11.1 Å². The molecule has 0 saturated carbocycles. The van der Waals surface area contributed by atoms with E-state index in [9.17, 15) is 13.6 Å². The van der Waals surface area contributed by atoms with Crippen molar-refractivity contribution in [3.05, 3.63) is 83.7 Å². The number of amides is 1. The standard InChI is InChI=1S/C20H19F2N3O/c1-20(2,18(26)25-19-23-11-12-24-19)17(13-3-7-15(21)8-4-13)14-5-9-16(22)10-6-14/h3-12,17H,1-2H3,(H2,23,24,25,26). The first-order chi connectivity index (χ1) is 12.4. The highest BCUT2D eigenvalue weighted by Gasteiger charge is 2.39. The van der Waals surface area contributed by atoms with Gasteiger partial charge in [-0.15, -0.1) is 0 Å². The fourth-order valence-electron chi connectivity index (χ4n) is 3.07. The lowest BCUT2D eigenvalue weighted by Gasteiger charge is -2.33. The lowest BCUT2D eigenvalue weighted by Crippen LogP contribution is -2.37. The van der Waals surface area contributed by atoms with E-state index in [4.69, 9.17) is 0 Å². The minimum absolute atomic E-state index is 0.258. The Morgan fingerprint density at radius 3 is 1.92 bits per heavy atom. The van der Waals surface area contributed by atoms with Crippen molar-refractivity contribution in [1.82, 2.24) is 9.97 Å². The topological polar surface area (TPSA) is 57.8 Å². The van der Waals surface area contributed by atoms with Gasteiger partial charge in [-0.05, 0) is 35.4 Å². The van der Waals surface area contributed by atoms with Crippen LogP contribution in [-0.4, -0.2) is 15.9 Å². The molecule has 0 spiro atoms. The zero-order valence-corrected chi connectivity index (χ0v) is 14.5. The summed E-state index contributed by atoms with van der Waals surface area (Å²) in [6.07, 6.45) is 3.15. The summed E-state index contributed by atoms with van der Waals surface area (Å²) in [5, 5.41) is 2.75. The van der Waals surface area contributed by atoms with E-state index in [-0.39, 0.29) is 17.5 Å². The first kappa shape index (κ1) is 17.8. The van der Waals surface area contributed by atoms with E-state index in [0.29, 0.717) is 5.95 Å². The van der Waals surface area contributed by atoms with Crippen LogP contribution in [0.15, 0.2) is 60.9 Å². The highest BCUT2D eigenvalue weighted by atomic mass is 19.1. The molecule has 0 bridgehead atoms. The number of hydrogen-bond donors (Lipinski definition) is 2. The van der Waals surface area contributed by atoms with E-state index in [2.05, 4.69) is 15.3 Å². The molecule has 0 fully saturated rings. The molecule has 3 aromatic rings. The van der Waals surface area contributed by atoms with Gasteiger partial charge in [0.05, 0.1) is 5.41 Å². The molecule has 3 rings (SSSR count). The van der Waals surface area contributed by atoms with Crippen LogP contribution in [-0.2, 0) is 4.79 Å². The van der Waals surface area contributed by atoms with Gasteiger partial charge in [0.1, 0.15) is 11.6 Å². The van der Waals surface area contributed by atoms with E-state index >= 15 is 0 Å². The molecule has 0 radical (unpaired) electrons. The second-order valence-electron chi connectivity index (χ2n) is 6.65. The van der Waals surface area contributed by atoms with Crippen LogP contribution in [0.3, 0.4) is 0 Å². The minimum atomic E-state index is -0.914. The van der Waals surface area contributed by atoms with Crippen molar-refractivity contribution in [2.75, 3.05) is 5.32 Å². The molecule has 1 heterocycles. The largest absolute Gasteiger partial charge is 0.331 e. The number of nitrogens with one attached hydrogen (secondary N) is 2. The Labute approximate surface area is 150 Å². The molecule has 26 heavy (non-hydrogen) atoms. The second-order valence-corrected chi connectivity index (χ2v) is 6.65. The highest BCUT2D eigenvalue weighted by molar-refractivity contribution is 5.94. The number of imidazole rings is 1. The van der Waals surface area contributed by atoms with Crippen molar-refractivity contribution in [3.63, 3.8) is 0 Å². The molecule has 0 aliphatic carbocycles. The summed E-state index contributed by atoms with van der Waals surface area (Å²) in [5.74, 6) is -1.03. The van der Waals surface area contributed by atoms with Crippen LogP contribution in [0.1, 0.15) is 30.9 Å². The summed E-state index contributed by atoms with van der Waals surface area (Å²) >= 11 is 0. The SMILES string of the molecule is CC(C)(C(=O)Nc1ncc[nH]1)C(c1ccc(F)cc1)c1ccc(F)cc1. The smallest absolute Gasteiger partial charge is 0.233 e. The Morgan fingerprint density at radius 1 is 1.00 bits per heavy atom. The van der Waals surface area contributed by atoms with Gasteiger partial charge in [0, 0.05) is 18.3 Å². The number of anilines is 1. The number of carbonyl (C=O) groups is 1. The molecule has 0 saturated heterocycles. The number of benzene rings is 2. The summed E-state index contributed by atoms with van der Waals surface area (Å²) in [6, 6.07) is 12.0. The maximum absolute atomic E-state index is 13.4.